The first-order valence-electron chi connectivity index (χ1n) is 17.8. The van der Waals surface area contributed by atoms with Gasteiger partial charge in [0.25, 0.3) is 11.4 Å². The van der Waals surface area contributed by atoms with Gasteiger partial charge >= 0.3 is 29.8 Å². The molecule has 0 unspecified atom stereocenters. The Balaban J connectivity index is 0.000000213. The zero-order chi connectivity index (χ0) is 46.8. The predicted molar refractivity (Wildman–Crippen MR) is 221 cm³/mol. The number of rotatable bonds is 11. The standard InChI is InChI=1S/C16H14ClF3N2O4.C14H11ClFNO4.C11H8ClNO3/c1-8(2)26-14(24)10-6-9(4-5-11(10)17)22-13(23)7-12(16(18,19)20)21(3)15(22)25;1-8(14(18)19)20-10-2-4-11(5-3-10)21-13-12(16)6-9(15)7-17-13;12-8-3-4-9(16-6-10(14)15)11-7(8)2-1-5-13-11/h4-8H,1-3H3;2-8H,1H3,(H,18,19);1-5H,6H2,(H,14,15)/t;8-;/m.1./s1. The van der Waals surface area contributed by atoms with Crippen LogP contribution >= 0.6 is 34.8 Å². The van der Waals surface area contributed by atoms with E-state index >= 15 is 0 Å². The van der Waals surface area contributed by atoms with E-state index in [1.165, 1.54) is 49.5 Å². The SMILES string of the molecule is CC(C)OC(=O)c1cc(-n2c(=O)cc(C(F)(F)F)n(C)c2=O)ccc1Cl.C[C@@H](Oc1ccc(Oc2ncc(Cl)cc2F)cc1)C(=O)O.O=C(O)COc1ccc(Cl)c2cccnc12. The van der Waals surface area contributed by atoms with Crippen molar-refractivity contribution in [2.45, 2.75) is 39.2 Å². The number of carbonyl (C=O) groups is 3. The molecule has 3 aromatic heterocycles. The molecule has 6 rings (SSSR count). The Hall–Kier alpha value is -6.70. The first kappa shape index (κ1) is 49.0. The van der Waals surface area contributed by atoms with Crippen molar-refractivity contribution in [3.8, 4) is 28.8 Å². The Labute approximate surface area is 368 Å². The number of alkyl halides is 3. The van der Waals surface area contributed by atoms with Crippen molar-refractivity contribution in [1.82, 2.24) is 19.1 Å². The van der Waals surface area contributed by atoms with E-state index in [0.29, 0.717) is 43.0 Å². The summed E-state index contributed by atoms with van der Waals surface area (Å²) in [5, 5.41) is 18.8. The van der Waals surface area contributed by atoms with Gasteiger partial charge in [-0.05, 0) is 93.6 Å². The lowest BCUT2D eigenvalue weighted by molar-refractivity contribution is -0.144. The van der Waals surface area contributed by atoms with Gasteiger partial charge in [0.05, 0.1) is 32.4 Å². The highest BCUT2D eigenvalue weighted by molar-refractivity contribution is 6.35. The summed E-state index contributed by atoms with van der Waals surface area (Å²) >= 11 is 17.5. The van der Waals surface area contributed by atoms with Gasteiger partial charge in [-0.15, -0.1) is 0 Å². The summed E-state index contributed by atoms with van der Waals surface area (Å²) in [5.74, 6) is -2.65. The number of aromatic nitrogens is 4. The third-order valence-electron chi connectivity index (χ3n) is 7.88. The molecule has 63 heavy (non-hydrogen) atoms. The molecule has 0 aliphatic heterocycles. The third-order valence-corrected chi connectivity index (χ3v) is 8.75. The number of hydrogen-bond acceptors (Lipinski definition) is 11. The molecule has 0 saturated heterocycles. The van der Waals surface area contributed by atoms with E-state index in [1.807, 2.05) is 0 Å². The van der Waals surface area contributed by atoms with E-state index in [4.69, 9.17) is 64.0 Å². The fourth-order valence-electron chi connectivity index (χ4n) is 5.02. The van der Waals surface area contributed by atoms with Gasteiger partial charge in [-0.1, -0.05) is 34.8 Å². The normalized spacial score (nSPS) is 11.4. The van der Waals surface area contributed by atoms with Crippen LogP contribution < -0.4 is 25.5 Å². The third kappa shape index (κ3) is 13.4. The molecule has 0 saturated carbocycles. The summed E-state index contributed by atoms with van der Waals surface area (Å²) in [6, 6.07) is 17.9. The van der Waals surface area contributed by atoms with Crippen molar-refractivity contribution in [2.24, 2.45) is 7.05 Å². The molecule has 3 heterocycles. The van der Waals surface area contributed by atoms with E-state index in [1.54, 1.807) is 44.3 Å². The summed E-state index contributed by atoms with van der Waals surface area (Å²) in [7, 11) is 0.894. The van der Waals surface area contributed by atoms with Crippen LogP contribution in [0.5, 0.6) is 23.1 Å². The van der Waals surface area contributed by atoms with Crippen molar-refractivity contribution < 1.29 is 61.1 Å². The fraction of sp³-hybridized carbons (Fsp3) is 0.195. The van der Waals surface area contributed by atoms with Crippen LogP contribution in [-0.2, 0) is 27.5 Å². The zero-order valence-corrected chi connectivity index (χ0v) is 35.3. The zero-order valence-electron chi connectivity index (χ0n) is 33.0. The minimum Gasteiger partial charge on any atom is -0.480 e. The van der Waals surface area contributed by atoms with Crippen LogP contribution in [0.3, 0.4) is 0 Å². The van der Waals surface area contributed by atoms with Gasteiger partial charge in [-0.25, -0.2) is 33.1 Å². The number of ether oxygens (including phenoxy) is 4. The van der Waals surface area contributed by atoms with E-state index in [2.05, 4.69) is 9.97 Å². The number of carboxylic acids is 2. The van der Waals surface area contributed by atoms with Crippen LogP contribution in [0.1, 0.15) is 36.8 Å². The van der Waals surface area contributed by atoms with Crippen molar-refractivity contribution in [1.29, 1.82) is 0 Å². The number of halogens is 7. The molecule has 6 aromatic rings. The largest absolute Gasteiger partial charge is 0.480 e. The van der Waals surface area contributed by atoms with E-state index in [9.17, 15) is 41.5 Å². The number of carboxylic acid groups (broad SMARTS) is 2. The molecule has 3 aromatic carbocycles. The molecule has 0 bridgehead atoms. The highest BCUT2D eigenvalue weighted by Crippen LogP contribution is 2.30. The molecule has 22 heteroatoms. The van der Waals surface area contributed by atoms with Gasteiger partial charge in [-0.2, -0.15) is 13.2 Å². The number of carbonyl (C=O) groups excluding carboxylic acids is 1. The van der Waals surface area contributed by atoms with Crippen LogP contribution in [-0.4, -0.2) is 66.0 Å². The molecule has 0 aliphatic rings. The molecule has 2 N–H and O–H groups in total. The summed E-state index contributed by atoms with van der Waals surface area (Å²) in [5.41, 5.74) is -3.44. The van der Waals surface area contributed by atoms with Crippen LogP contribution in [0, 0.1) is 5.82 Å². The topological polar surface area (TPSA) is 198 Å². The Morgan fingerprint density at radius 2 is 1.51 bits per heavy atom. The first-order valence-corrected chi connectivity index (χ1v) is 19.0. The maximum absolute atomic E-state index is 13.5. The number of benzene rings is 3. The van der Waals surface area contributed by atoms with Crippen molar-refractivity contribution in [2.75, 3.05) is 6.61 Å². The van der Waals surface area contributed by atoms with Gasteiger partial charge < -0.3 is 29.2 Å². The van der Waals surface area contributed by atoms with Crippen LogP contribution in [0.4, 0.5) is 17.6 Å². The lowest BCUT2D eigenvalue weighted by Gasteiger charge is -2.15. The molecule has 15 nitrogen and oxygen atoms in total. The Morgan fingerprint density at radius 1 is 0.857 bits per heavy atom. The molecule has 0 amide bonds. The van der Waals surface area contributed by atoms with E-state index in [0.717, 1.165) is 24.6 Å². The van der Waals surface area contributed by atoms with Crippen LogP contribution in [0.15, 0.2) is 101 Å². The fourth-order valence-corrected chi connectivity index (χ4v) is 5.57. The second kappa shape index (κ2) is 21.4. The minimum atomic E-state index is -4.86. The quantitative estimate of drug-likeness (QED) is 0.0925. The minimum absolute atomic E-state index is 0.0104. The smallest absolute Gasteiger partial charge is 0.431 e. The number of aliphatic carboxylic acids is 2. The van der Waals surface area contributed by atoms with Gasteiger partial charge in [0, 0.05) is 30.9 Å². The number of fused-ring (bicyclic) bond motifs is 1. The molecule has 332 valence electrons. The van der Waals surface area contributed by atoms with Crippen molar-refractivity contribution in [3.63, 3.8) is 0 Å². The number of hydrogen-bond donors (Lipinski definition) is 2. The molecule has 0 spiro atoms. The Bertz CT molecular complexity index is 2750. The summed E-state index contributed by atoms with van der Waals surface area (Å²) < 4.78 is 73.6. The number of pyridine rings is 2. The van der Waals surface area contributed by atoms with Crippen molar-refractivity contribution in [3.05, 3.63) is 144 Å². The van der Waals surface area contributed by atoms with Gasteiger partial charge in [0.15, 0.2) is 18.5 Å². The molecular weight excluding hydrogens is 907 g/mol. The maximum atomic E-state index is 13.5. The summed E-state index contributed by atoms with van der Waals surface area (Å²) in [6.07, 6.45) is -3.40. The summed E-state index contributed by atoms with van der Waals surface area (Å²) in [6.45, 7) is 4.25. The van der Waals surface area contributed by atoms with E-state index < -0.39 is 65.7 Å². The number of esters is 1. The molecule has 0 fully saturated rings. The molecular formula is C41H33Cl3F4N4O11. The lowest BCUT2D eigenvalue weighted by Crippen LogP contribution is -2.40. The van der Waals surface area contributed by atoms with Crippen LogP contribution in [0.2, 0.25) is 15.1 Å². The highest BCUT2D eigenvalue weighted by Gasteiger charge is 2.35. The average molecular weight is 940 g/mol. The summed E-state index contributed by atoms with van der Waals surface area (Å²) in [4.78, 5) is 65.4. The molecule has 0 radical (unpaired) electrons. The monoisotopic (exact) mass is 938 g/mol. The Morgan fingerprint density at radius 3 is 2.11 bits per heavy atom. The second-order valence-electron chi connectivity index (χ2n) is 12.9. The predicted octanol–water partition coefficient (Wildman–Crippen LogP) is 8.64. The van der Waals surface area contributed by atoms with Gasteiger partial charge in [0.2, 0.25) is 0 Å². The number of nitrogens with zero attached hydrogens (tertiary/aromatic N) is 4. The second-order valence-corrected chi connectivity index (χ2v) is 14.2. The van der Waals surface area contributed by atoms with Crippen molar-refractivity contribution >= 4 is 63.6 Å². The average Bonchev–Trinajstić information content (AvgIpc) is 3.21. The van der Waals surface area contributed by atoms with Gasteiger partial charge in [-0.3, -0.25) is 14.3 Å². The van der Waals surface area contributed by atoms with Gasteiger partial charge in [0.1, 0.15) is 28.5 Å². The molecule has 1 atom stereocenters. The first-order chi connectivity index (χ1) is 29.6. The lowest BCUT2D eigenvalue weighted by atomic mass is 10.2. The van der Waals surface area contributed by atoms with E-state index in [-0.39, 0.29) is 27.2 Å². The Kier molecular flexibility index (Phi) is 16.6. The highest BCUT2D eigenvalue weighted by atomic mass is 35.5. The van der Waals surface area contributed by atoms with Crippen LogP contribution in [0.25, 0.3) is 16.6 Å². The maximum Gasteiger partial charge on any atom is 0.431 e. The molecule has 0 aliphatic carbocycles.